The summed E-state index contributed by atoms with van der Waals surface area (Å²) >= 11 is 0. The Morgan fingerprint density at radius 1 is 0.846 bits per heavy atom. The first-order valence-corrected chi connectivity index (χ1v) is 10.1. The lowest BCUT2D eigenvalue weighted by atomic mass is 10.1. The number of halogens is 3. The Morgan fingerprint density at radius 2 is 1.35 bits per heavy atom. The zero-order valence-electron chi connectivity index (χ0n) is 13.6. The fraction of sp³-hybridized carbons (Fsp3) is 0.200. The van der Waals surface area contributed by atoms with Gasteiger partial charge >= 0.3 is 6.18 Å². The van der Waals surface area contributed by atoms with E-state index in [1.807, 2.05) is 0 Å². The molecule has 0 amide bonds. The summed E-state index contributed by atoms with van der Waals surface area (Å²) in [6.45, 7) is 1.27. The van der Waals surface area contributed by atoms with Crippen molar-refractivity contribution < 1.29 is 30.0 Å². The van der Waals surface area contributed by atoms with E-state index in [0.717, 1.165) is 30.3 Å². The molecule has 0 spiro atoms. The number of anilines is 1. The molecule has 0 aliphatic carbocycles. The third kappa shape index (κ3) is 4.34. The number of rotatable bonds is 5. The van der Waals surface area contributed by atoms with Crippen LogP contribution in [0.3, 0.4) is 0 Å². The Bertz CT molecular complexity index is 1020. The lowest BCUT2D eigenvalue weighted by Gasteiger charge is -2.14. The quantitative estimate of drug-likeness (QED) is 0.796. The molecule has 0 aliphatic rings. The zero-order valence-corrected chi connectivity index (χ0v) is 15.3. The van der Waals surface area contributed by atoms with Crippen LogP contribution in [-0.4, -0.2) is 23.9 Å². The van der Waals surface area contributed by atoms with Crippen molar-refractivity contribution >= 4 is 25.7 Å². The second kappa shape index (κ2) is 6.89. The van der Waals surface area contributed by atoms with Gasteiger partial charge in [0, 0.05) is 5.69 Å². The SMILES string of the molecule is CNS(=O)(=O)c1ccc(S(=O)(=O)Nc2ccc(C)c(C(F)(F)F)c2)cc1. The maximum absolute atomic E-state index is 12.9. The van der Waals surface area contributed by atoms with Crippen LogP contribution in [0.25, 0.3) is 0 Å². The van der Waals surface area contributed by atoms with E-state index in [4.69, 9.17) is 0 Å². The van der Waals surface area contributed by atoms with E-state index in [-0.39, 0.29) is 21.0 Å². The maximum atomic E-state index is 12.9. The van der Waals surface area contributed by atoms with E-state index in [1.54, 1.807) is 0 Å². The number of benzene rings is 2. The highest BCUT2D eigenvalue weighted by molar-refractivity contribution is 7.92. The van der Waals surface area contributed by atoms with Gasteiger partial charge in [0.2, 0.25) is 10.0 Å². The van der Waals surface area contributed by atoms with Crippen LogP contribution < -0.4 is 9.44 Å². The second-order valence-electron chi connectivity index (χ2n) is 5.31. The Hall–Kier alpha value is -2.11. The Balaban J connectivity index is 2.35. The van der Waals surface area contributed by atoms with E-state index in [9.17, 15) is 30.0 Å². The van der Waals surface area contributed by atoms with Gasteiger partial charge in [0.1, 0.15) is 0 Å². The molecule has 142 valence electrons. The first-order chi connectivity index (χ1) is 11.9. The van der Waals surface area contributed by atoms with Crippen LogP contribution in [0.1, 0.15) is 11.1 Å². The van der Waals surface area contributed by atoms with Gasteiger partial charge in [-0.1, -0.05) is 6.07 Å². The predicted octanol–water partition coefficient (Wildman–Crippen LogP) is 2.72. The van der Waals surface area contributed by atoms with Crippen molar-refractivity contribution in [2.45, 2.75) is 22.9 Å². The molecule has 6 nitrogen and oxygen atoms in total. The van der Waals surface area contributed by atoms with Gasteiger partial charge in [0.25, 0.3) is 10.0 Å². The molecule has 0 heterocycles. The maximum Gasteiger partial charge on any atom is 0.416 e. The minimum absolute atomic E-state index is 0.0397. The smallest absolute Gasteiger partial charge is 0.280 e. The van der Waals surface area contributed by atoms with Crippen molar-refractivity contribution in [1.82, 2.24) is 4.72 Å². The fourth-order valence-corrected chi connectivity index (χ4v) is 3.90. The van der Waals surface area contributed by atoms with Crippen LogP contribution in [0.2, 0.25) is 0 Å². The van der Waals surface area contributed by atoms with Crippen molar-refractivity contribution in [1.29, 1.82) is 0 Å². The first kappa shape index (κ1) is 20.2. The van der Waals surface area contributed by atoms with Crippen LogP contribution in [0.4, 0.5) is 18.9 Å². The summed E-state index contributed by atoms with van der Waals surface area (Å²) in [6, 6.07) is 7.32. The average Bonchev–Trinajstić information content (AvgIpc) is 2.55. The van der Waals surface area contributed by atoms with Gasteiger partial charge in [-0.2, -0.15) is 13.2 Å². The highest BCUT2D eigenvalue weighted by atomic mass is 32.2. The molecule has 0 unspecified atom stereocenters. The van der Waals surface area contributed by atoms with E-state index >= 15 is 0 Å². The summed E-state index contributed by atoms with van der Waals surface area (Å²) in [5.41, 5.74) is -1.25. The highest BCUT2D eigenvalue weighted by Gasteiger charge is 2.32. The van der Waals surface area contributed by atoms with Crippen molar-refractivity contribution in [3.63, 3.8) is 0 Å². The van der Waals surface area contributed by atoms with Gasteiger partial charge < -0.3 is 0 Å². The second-order valence-corrected chi connectivity index (χ2v) is 8.88. The van der Waals surface area contributed by atoms with Crippen LogP contribution in [-0.2, 0) is 26.2 Å². The van der Waals surface area contributed by atoms with Gasteiger partial charge in [0.15, 0.2) is 0 Å². The van der Waals surface area contributed by atoms with Crippen molar-refractivity contribution in [3.05, 3.63) is 53.6 Å². The van der Waals surface area contributed by atoms with Crippen LogP contribution >= 0.6 is 0 Å². The minimum atomic E-state index is -4.62. The number of hydrogen-bond donors (Lipinski definition) is 2. The van der Waals surface area contributed by atoms with Crippen molar-refractivity contribution in [2.24, 2.45) is 0 Å². The van der Waals surface area contributed by atoms with E-state index < -0.39 is 31.8 Å². The van der Waals surface area contributed by atoms with Gasteiger partial charge in [-0.25, -0.2) is 21.6 Å². The largest absolute Gasteiger partial charge is 0.416 e. The molecule has 0 aliphatic heterocycles. The summed E-state index contributed by atoms with van der Waals surface area (Å²) in [7, 11) is -6.72. The molecule has 2 rings (SSSR count). The average molecular weight is 408 g/mol. The predicted molar refractivity (Wildman–Crippen MR) is 89.7 cm³/mol. The molecule has 2 aromatic carbocycles. The standard InChI is InChI=1S/C15H15F3N2O4S2/c1-10-3-4-11(9-14(10)15(16,17)18)20-26(23,24)13-7-5-12(6-8-13)25(21,22)19-2/h3-9,19-20H,1-2H3. The monoisotopic (exact) mass is 408 g/mol. The highest BCUT2D eigenvalue weighted by Crippen LogP contribution is 2.33. The lowest BCUT2D eigenvalue weighted by molar-refractivity contribution is -0.138. The number of alkyl halides is 3. The van der Waals surface area contributed by atoms with E-state index in [0.29, 0.717) is 6.07 Å². The normalized spacial score (nSPS) is 12.8. The van der Waals surface area contributed by atoms with E-state index in [1.165, 1.54) is 20.0 Å². The summed E-state index contributed by atoms with van der Waals surface area (Å²) in [4.78, 5) is -0.435. The Morgan fingerprint density at radius 3 is 1.81 bits per heavy atom. The van der Waals surface area contributed by atoms with Crippen molar-refractivity contribution in [2.75, 3.05) is 11.8 Å². The summed E-state index contributed by atoms with van der Waals surface area (Å²) in [5, 5.41) is 0. The molecule has 26 heavy (non-hydrogen) atoms. The third-order valence-electron chi connectivity index (χ3n) is 3.51. The van der Waals surface area contributed by atoms with Gasteiger partial charge in [-0.3, -0.25) is 4.72 Å². The first-order valence-electron chi connectivity index (χ1n) is 7.11. The summed E-state index contributed by atoms with van der Waals surface area (Å²) in [5.74, 6) is 0. The third-order valence-corrected chi connectivity index (χ3v) is 6.34. The van der Waals surface area contributed by atoms with Crippen LogP contribution in [0.5, 0.6) is 0 Å². The molecular weight excluding hydrogens is 393 g/mol. The van der Waals surface area contributed by atoms with Gasteiger partial charge in [-0.15, -0.1) is 0 Å². The molecule has 0 bridgehead atoms. The van der Waals surface area contributed by atoms with Crippen LogP contribution in [0, 0.1) is 6.92 Å². The molecule has 0 aromatic heterocycles. The lowest BCUT2D eigenvalue weighted by Crippen LogP contribution is -2.19. The van der Waals surface area contributed by atoms with Gasteiger partial charge in [0.05, 0.1) is 15.4 Å². The molecule has 2 N–H and O–H groups in total. The Labute approximate surface area is 149 Å². The van der Waals surface area contributed by atoms with Crippen molar-refractivity contribution in [3.8, 4) is 0 Å². The van der Waals surface area contributed by atoms with Gasteiger partial charge in [-0.05, 0) is 55.9 Å². The molecule has 11 heteroatoms. The molecule has 0 saturated heterocycles. The molecule has 0 saturated carbocycles. The molecule has 0 radical (unpaired) electrons. The molecule has 2 aromatic rings. The zero-order chi connectivity index (χ0) is 19.8. The summed E-state index contributed by atoms with van der Waals surface area (Å²) < 4.78 is 90.8. The number of hydrogen-bond acceptors (Lipinski definition) is 4. The number of nitrogens with one attached hydrogen (secondary N) is 2. The minimum Gasteiger partial charge on any atom is -0.280 e. The number of sulfonamides is 2. The van der Waals surface area contributed by atoms with E-state index in [2.05, 4.69) is 9.44 Å². The Kier molecular flexibility index (Phi) is 5.36. The summed E-state index contributed by atoms with van der Waals surface area (Å²) in [6.07, 6.45) is -4.62. The molecular formula is C15H15F3N2O4S2. The topological polar surface area (TPSA) is 92.3 Å². The number of aryl methyl sites for hydroxylation is 1. The molecule has 0 fully saturated rings. The van der Waals surface area contributed by atoms with Crippen LogP contribution in [0.15, 0.2) is 52.3 Å². The molecule has 0 atom stereocenters. The fourth-order valence-electron chi connectivity index (χ4n) is 2.12.